The normalized spacial score (nSPS) is 23.9. The van der Waals surface area contributed by atoms with E-state index in [1.54, 1.807) is 24.4 Å². The Balaban J connectivity index is 1.51. The number of hydrogen-bond acceptors (Lipinski definition) is 12. The van der Waals surface area contributed by atoms with Crippen LogP contribution in [0.3, 0.4) is 0 Å². The predicted molar refractivity (Wildman–Crippen MR) is 186 cm³/mol. The lowest BCUT2D eigenvalue weighted by Crippen LogP contribution is -2.65. The van der Waals surface area contributed by atoms with Crippen LogP contribution in [0.4, 0.5) is 10.5 Å². The number of nitrogens with one attached hydrogen (secondary N) is 1. The minimum atomic E-state index is -4.77. The number of rotatable bonds is 10. The Morgan fingerprint density at radius 2 is 1.75 bits per heavy atom. The zero-order valence-corrected chi connectivity index (χ0v) is 29.8. The number of nitriles is 1. The molecular formula is C36H42N6O8S. The molecule has 0 saturated carbocycles. The van der Waals surface area contributed by atoms with Gasteiger partial charge >= 0.3 is 16.2 Å². The summed E-state index contributed by atoms with van der Waals surface area (Å²) in [6.07, 6.45) is 0.373. The SMILES string of the molecule is CCOc1ncccc1C1C(N2CCN(CC)CC2)C(C#N)CN(C(=O)OS(=O)(=O)c2ccc(OC)cc2OC)C1C1C(=O)Nc2ccccc21. The number of methoxy groups -OCH3 is 2. The summed E-state index contributed by atoms with van der Waals surface area (Å²) in [6, 6.07) is 15.7. The highest BCUT2D eigenvalue weighted by Gasteiger charge is 2.56. The number of likely N-dealkylation sites (tertiary alicyclic amines) is 1. The third-order valence-corrected chi connectivity index (χ3v) is 11.3. The average molecular weight is 719 g/mol. The van der Waals surface area contributed by atoms with Crippen LogP contribution in [0.2, 0.25) is 0 Å². The van der Waals surface area contributed by atoms with Crippen molar-refractivity contribution >= 4 is 27.8 Å². The molecule has 6 rings (SSSR count). The molecule has 14 nitrogen and oxygen atoms in total. The summed E-state index contributed by atoms with van der Waals surface area (Å²) in [5.74, 6) is -2.30. The molecule has 1 aromatic heterocycles. The number of pyridine rings is 1. The number of piperidine rings is 1. The third kappa shape index (κ3) is 6.91. The van der Waals surface area contributed by atoms with Crippen molar-refractivity contribution in [1.29, 1.82) is 5.26 Å². The Bertz CT molecular complexity index is 1910. The highest BCUT2D eigenvalue weighted by atomic mass is 32.2. The fraction of sp³-hybridized carbons (Fsp3) is 0.444. The lowest BCUT2D eigenvalue weighted by atomic mass is 9.69. The van der Waals surface area contributed by atoms with Gasteiger partial charge in [0.05, 0.1) is 44.8 Å². The molecule has 3 aliphatic heterocycles. The predicted octanol–water partition coefficient (Wildman–Crippen LogP) is 3.67. The van der Waals surface area contributed by atoms with Crippen LogP contribution >= 0.6 is 0 Å². The van der Waals surface area contributed by atoms with Crippen molar-refractivity contribution in [3.05, 3.63) is 71.9 Å². The smallest absolute Gasteiger partial charge is 0.426 e. The number of fused-ring (bicyclic) bond motifs is 1. The number of carbonyl (C=O) groups is 2. The van der Waals surface area contributed by atoms with Crippen molar-refractivity contribution < 1.29 is 36.4 Å². The molecule has 15 heteroatoms. The fourth-order valence-corrected chi connectivity index (χ4v) is 8.67. The molecule has 3 aliphatic rings. The first-order chi connectivity index (χ1) is 24.6. The van der Waals surface area contributed by atoms with Crippen LogP contribution in [0, 0.1) is 17.2 Å². The van der Waals surface area contributed by atoms with Gasteiger partial charge in [0.15, 0.2) is 0 Å². The third-order valence-electron chi connectivity index (χ3n) is 10.0. The number of para-hydroxylation sites is 1. The number of ether oxygens (including phenoxy) is 3. The summed E-state index contributed by atoms with van der Waals surface area (Å²) in [7, 11) is -2.06. The quantitative estimate of drug-likeness (QED) is 0.303. The average Bonchev–Trinajstić information content (AvgIpc) is 3.48. The monoisotopic (exact) mass is 718 g/mol. The molecule has 2 fully saturated rings. The molecule has 0 radical (unpaired) electrons. The summed E-state index contributed by atoms with van der Waals surface area (Å²) >= 11 is 0. The van der Waals surface area contributed by atoms with Gasteiger partial charge in [0.2, 0.25) is 11.8 Å². The van der Waals surface area contributed by atoms with Crippen LogP contribution in [-0.2, 0) is 19.1 Å². The first kappa shape index (κ1) is 35.9. The number of carbonyl (C=O) groups excluding carboxylic acids is 2. The summed E-state index contributed by atoms with van der Waals surface area (Å²) in [5, 5.41) is 13.7. The second-order valence-corrected chi connectivity index (χ2v) is 14.1. The minimum absolute atomic E-state index is 0.0859. The van der Waals surface area contributed by atoms with Crippen LogP contribution in [-0.4, -0.2) is 112 Å². The van der Waals surface area contributed by atoms with Gasteiger partial charge in [0, 0.05) is 68.2 Å². The molecule has 0 bridgehead atoms. The first-order valence-electron chi connectivity index (χ1n) is 17.0. The van der Waals surface area contributed by atoms with Gasteiger partial charge in [-0.1, -0.05) is 31.2 Å². The van der Waals surface area contributed by atoms with Crippen molar-refractivity contribution in [2.75, 3.05) is 65.4 Å². The highest BCUT2D eigenvalue weighted by molar-refractivity contribution is 7.87. The van der Waals surface area contributed by atoms with Crippen molar-refractivity contribution in [3.8, 4) is 23.4 Å². The fourth-order valence-electron chi connectivity index (χ4n) is 7.67. The van der Waals surface area contributed by atoms with E-state index in [-0.39, 0.29) is 23.1 Å². The number of piperazine rings is 1. The van der Waals surface area contributed by atoms with Crippen LogP contribution in [0.5, 0.6) is 17.4 Å². The molecule has 2 aromatic carbocycles. The molecule has 4 heterocycles. The number of hydrogen-bond donors (Lipinski definition) is 1. The van der Waals surface area contributed by atoms with Gasteiger partial charge in [-0.2, -0.15) is 13.7 Å². The maximum absolute atomic E-state index is 14.5. The van der Waals surface area contributed by atoms with Gasteiger partial charge in [-0.05, 0) is 43.3 Å². The second kappa shape index (κ2) is 15.1. The van der Waals surface area contributed by atoms with Crippen LogP contribution in [0.25, 0.3) is 0 Å². The number of aromatic nitrogens is 1. The van der Waals surface area contributed by atoms with Crippen molar-refractivity contribution in [2.45, 2.75) is 42.7 Å². The zero-order valence-electron chi connectivity index (χ0n) is 29.0. The molecule has 3 aromatic rings. The maximum Gasteiger partial charge on any atom is 0.426 e. The Labute approximate surface area is 298 Å². The van der Waals surface area contributed by atoms with Gasteiger partial charge in [-0.25, -0.2) is 9.78 Å². The second-order valence-electron chi connectivity index (χ2n) is 12.6. The molecule has 2 amide bonds. The number of amides is 2. The van der Waals surface area contributed by atoms with Gasteiger partial charge in [0.1, 0.15) is 16.4 Å². The number of benzene rings is 2. The van der Waals surface area contributed by atoms with E-state index in [0.717, 1.165) is 19.6 Å². The van der Waals surface area contributed by atoms with E-state index in [1.165, 1.54) is 37.3 Å². The van der Waals surface area contributed by atoms with E-state index in [4.69, 9.17) is 18.4 Å². The van der Waals surface area contributed by atoms with Crippen molar-refractivity contribution in [1.82, 2.24) is 19.7 Å². The number of nitrogens with zero attached hydrogens (tertiary/aromatic N) is 5. The van der Waals surface area contributed by atoms with Gasteiger partial charge in [0.25, 0.3) is 0 Å². The summed E-state index contributed by atoms with van der Waals surface area (Å²) < 4.78 is 49.5. The molecule has 5 atom stereocenters. The summed E-state index contributed by atoms with van der Waals surface area (Å²) in [4.78, 5) is 38.5. The van der Waals surface area contributed by atoms with E-state index >= 15 is 0 Å². The summed E-state index contributed by atoms with van der Waals surface area (Å²) in [6.45, 7) is 7.76. The standard InChI is InChI=1S/C36H42N6O8S/c1-5-40-16-18-41(19-17-40)32-23(21-37)22-42(36(44)50-51(45,46)29-14-13-24(47-3)20-28(29)48-4)33(30(32)26-11-9-15-38-35(26)49-6-2)31-25-10-7-8-12-27(25)39-34(31)43/h7-15,20,23,30-33H,5-6,16-19,22H2,1-4H3,(H,39,43). The van der Waals surface area contributed by atoms with E-state index in [1.807, 2.05) is 25.1 Å². The number of likely N-dealkylation sites (N-methyl/N-ethyl adjacent to an activating group) is 1. The molecule has 2 saturated heterocycles. The molecule has 5 unspecified atom stereocenters. The van der Waals surface area contributed by atoms with Crippen LogP contribution in [0.15, 0.2) is 65.7 Å². The highest BCUT2D eigenvalue weighted by Crippen LogP contribution is 2.49. The zero-order chi connectivity index (χ0) is 36.3. The molecule has 0 aliphatic carbocycles. The van der Waals surface area contributed by atoms with Crippen LogP contribution < -0.4 is 19.5 Å². The Hall–Kier alpha value is -4.91. The van der Waals surface area contributed by atoms with Gasteiger partial charge < -0.3 is 33.5 Å². The van der Waals surface area contributed by atoms with Gasteiger partial charge in [-0.15, -0.1) is 0 Å². The molecule has 270 valence electrons. The maximum atomic E-state index is 14.5. The van der Waals surface area contributed by atoms with E-state index in [9.17, 15) is 23.3 Å². The molecule has 1 N–H and O–H groups in total. The lowest BCUT2D eigenvalue weighted by Gasteiger charge is -2.53. The Morgan fingerprint density at radius 1 is 1.00 bits per heavy atom. The minimum Gasteiger partial charge on any atom is -0.497 e. The summed E-state index contributed by atoms with van der Waals surface area (Å²) in [5.41, 5.74) is 1.82. The number of anilines is 1. The van der Waals surface area contributed by atoms with Crippen molar-refractivity contribution in [2.24, 2.45) is 5.92 Å². The largest absolute Gasteiger partial charge is 0.497 e. The Morgan fingerprint density at radius 3 is 2.43 bits per heavy atom. The van der Waals surface area contributed by atoms with Crippen molar-refractivity contribution in [3.63, 3.8) is 0 Å². The molecular weight excluding hydrogens is 676 g/mol. The topological polar surface area (TPSA) is 164 Å². The van der Waals surface area contributed by atoms with Crippen LogP contribution in [0.1, 0.15) is 36.8 Å². The Kier molecular flexibility index (Phi) is 10.7. The lowest BCUT2D eigenvalue weighted by molar-refractivity contribution is -0.119. The van der Waals surface area contributed by atoms with E-state index < -0.39 is 46.0 Å². The van der Waals surface area contributed by atoms with E-state index in [0.29, 0.717) is 48.1 Å². The molecule has 0 spiro atoms. The molecule has 51 heavy (non-hydrogen) atoms. The first-order valence-corrected chi connectivity index (χ1v) is 18.4. The van der Waals surface area contributed by atoms with Gasteiger partial charge in [-0.3, -0.25) is 9.69 Å². The van der Waals surface area contributed by atoms with E-state index in [2.05, 4.69) is 33.1 Å².